The van der Waals surface area contributed by atoms with Gasteiger partial charge in [0.1, 0.15) is 6.17 Å². The average molecular weight is 700 g/mol. The van der Waals surface area contributed by atoms with E-state index in [2.05, 4.69) is 115 Å². The van der Waals surface area contributed by atoms with Gasteiger partial charge in [-0.1, -0.05) is 171 Å². The molecule has 1 N–H and O–H groups in total. The van der Waals surface area contributed by atoms with Crippen LogP contribution in [0, 0.1) is 23.7 Å². The molecular formula is C51H45N3. The Bertz CT molecular complexity index is 2320. The molecule has 3 nitrogen and oxygen atoms in total. The van der Waals surface area contributed by atoms with Gasteiger partial charge in [0.2, 0.25) is 0 Å². The SMILES string of the molecule is C#CC(=C\C=C/C)/C(C)=N/C(NC(=C)c1ccccc1)c1ccc(-c2cccc(-c3ccc(-c4cccc(CC/C=C\C=C/C=C)c4)cc3)c2)cc1C#N. The maximum Gasteiger partial charge on any atom is 0.146 e. The molecule has 0 heterocycles. The predicted molar refractivity (Wildman–Crippen MR) is 230 cm³/mol. The number of allylic oxidation sites excluding steroid dienone is 9. The number of nitriles is 1. The molecule has 0 spiro atoms. The third kappa shape index (κ3) is 10.3. The van der Waals surface area contributed by atoms with E-state index in [1.165, 1.54) is 16.7 Å². The van der Waals surface area contributed by atoms with Crippen molar-refractivity contribution in [2.45, 2.75) is 32.9 Å². The van der Waals surface area contributed by atoms with Crippen molar-refractivity contribution >= 4 is 11.4 Å². The molecule has 5 rings (SSSR count). The molecule has 0 saturated heterocycles. The Labute approximate surface area is 321 Å². The standard InChI is InChI=1S/C51H45N3/c1-6-9-11-12-13-15-20-40-21-18-25-45(34-40)43-28-30-44(31-29-43)46-26-19-27-47(35-46)48-32-33-50(49(36-48)37-52)51(53-38(4)41(8-3)22-10-7-2)54-39(5)42-23-16-14-17-24-42/h3,6-7,9-14,16-19,21-36,51,54H,1,5,15,20H2,2,4H3/b10-7-,11-9-,13-12-,41-22+,53-38+. The van der Waals surface area contributed by atoms with Crippen molar-refractivity contribution in [1.82, 2.24) is 5.32 Å². The van der Waals surface area contributed by atoms with Crippen molar-refractivity contribution in [2.75, 3.05) is 0 Å². The first kappa shape index (κ1) is 38.3. The van der Waals surface area contributed by atoms with Crippen LogP contribution in [-0.4, -0.2) is 5.71 Å². The monoisotopic (exact) mass is 699 g/mol. The molecule has 0 bridgehead atoms. The normalized spacial score (nSPS) is 12.4. The molecule has 0 amide bonds. The molecule has 5 aromatic rings. The quantitative estimate of drug-likeness (QED) is 0.0672. The topological polar surface area (TPSA) is 48.2 Å². The van der Waals surface area contributed by atoms with Gasteiger partial charge in [-0.15, -0.1) is 6.42 Å². The number of hydrogen-bond donors (Lipinski definition) is 1. The van der Waals surface area contributed by atoms with Crippen LogP contribution in [0.4, 0.5) is 0 Å². The highest BCUT2D eigenvalue weighted by Gasteiger charge is 2.18. The molecule has 0 radical (unpaired) electrons. The van der Waals surface area contributed by atoms with Crippen molar-refractivity contribution in [2.24, 2.45) is 4.99 Å². The number of aliphatic imine (C=N–C) groups is 1. The summed E-state index contributed by atoms with van der Waals surface area (Å²) in [5.74, 6) is 2.74. The molecule has 1 atom stereocenters. The maximum absolute atomic E-state index is 10.4. The summed E-state index contributed by atoms with van der Waals surface area (Å²) in [7, 11) is 0. The summed E-state index contributed by atoms with van der Waals surface area (Å²) in [6.45, 7) is 11.8. The van der Waals surface area contributed by atoms with Gasteiger partial charge in [-0.3, -0.25) is 4.99 Å². The number of benzene rings is 5. The number of nitrogens with one attached hydrogen (secondary N) is 1. The molecule has 3 heteroatoms. The highest BCUT2D eigenvalue weighted by Crippen LogP contribution is 2.32. The van der Waals surface area contributed by atoms with E-state index in [4.69, 9.17) is 11.4 Å². The third-order valence-electron chi connectivity index (χ3n) is 8.99. The number of aryl methyl sites for hydroxylation is 1. The van der Waals surface area contributed by atoms with Crippen molar-refractivity contribution in [1.29, 1.82) is 5.26 Å². The van der Waals surface area contributed by atoms with E-state index < -0.39 is 6.17 Å². The van der Waals surface area contributed by atoms with Gasteiger partial charge < -0.3 is 5.32 Å². The molecule has 1 unspecified atom stereocenters. The Hall–Kier alpha value is -6.94. The van der Waals surface area contributed by atoms with Crippen LogP contribution in [0.3, 0.4) is 0 Å². The summed E-state index contributed by atoms with van der Waals surface area (Å²) in [6.07, 6.45) is 22.8. The van der Waals surface area contributed by atoms with E-state index in [9.17, 15) is 5.26 Å². The zero-order valence-corrected chi connectivity index (χ0v) is 31.0. The summed E-state index contributed by atoms with van der Waals surface area (Å²) in [5, 5.41) is 13.9. The van der Waals surface area contributed by atoms with Gasteiger partial charge in [0, 0.05) is 16.8 Å². The fraction of sp³-hybridized carbons (Fsp3) is 0.0980. The van der Waals surface area contributed by atoms with Crippen LogP contribution in [0.2, 0.25) is 0 Å². The fourth-order valence-corrected chi connectivity index (χ4v) is 6.07. The van der Waals surface area contributed by atoms with E-state index in [0.29, 0.717) is 22.5 Å². The summed E-state index contributed by atoms with van der Waals surface area (Å²) in [5.41, 5.74) is 12.1. The van der Waals surface area contributed by atoms with Gasteiger partial charge in [-0.05, 0) is 89.4 Å². The smallest absolute Gasteiger partial charge is 0.146 e. The van der Waals surface area contributed by atoms with Crippen LogP contribution in [0.15, 0.2) is 194 Å². The minimum atomic E-state index is -0.601. The number of nitrogens with zero attached hydrogens (tertiary/aromatic N) is 2. The summed E-state index contributed by atoms with van der Waals surface area (Å²) in [4.78, 5) is 5.00. The summed E-state index contributed by atoms with van der Waals surface area (Å²) < 4.78 is 0. The van der Waals surface area contributed by atoms with Gasteiger partial charge >= 0.3 is 0 Å². The highest BCUT2D eigenvalue weighted by molar-refractivity contribution is 6.02. The molecule has 0 aliphatic carbocycles. The molecule has 0 aromatic heterocycles. The van der Waals surface area contributed by atoms with Crippen LogP contribution in [-0.2, 0) is 6.42 Å². The van der Waals surface area contributed by atoms with E-state index in [1.54, 1.807) is 6.08 Å². The predicted octanol–water partition coefficient (Wildman–Crippen LogP) is 12.6. The second kappa shape index (κ2) is 19.6. The second-order valence-corrected chi connectivity index (χ2v) is 12.7. The highest BCUT2D eigenvalue weighted by atomic mass is 15.1. The Kier molecular flexibility index (Phi) is 13.9. The maximum atomic E-state index is 10.4. The third-order valence-corrected chi connectivity index (χ3v) is 8.99. The number of terminal acetylenes is 1. The van der Waals surface area contributed by atoms with Gasteiger partial charge in [0.15, 0.2) is 0 Å². The lowest BCUT2D eigenvalue weighted by atomic mass is 9.94. The fourth-order valence-electron chi connectivity index (χ4n) is 6.07. The molecule has 0 fully saturated rings. The van der Waals surface area contributed by atoms with Gasteiger partial charge in [0.05, 0.1) is 17.3 Å². The van der Waals surface area contributed by atoms with Crippen molar-refractivity contribution in [3.8, 4) is 51.8 Å². The van der Waals surface area contributed by atoms with Crippen LogP contribution < -0.4 is 5.32 Å². The van der Waals surface area contributed by atoms with Crippen molar-refractivity contribution < 1.29 is 0 Å². The minimum absolute atomic E-state index is 0.514. The summed E-state index contributed by atoms with van der Waals surface area (Å²) >= 11 is 0. The Balaban J connectivity index is 1.40. The number of rotatable bonds is 15. The van der Waals surface area contributed by atoms with E-state index in [-0.39, 0.29) is 0 Å². The molecular weight excluding hydrogens is 655 g/mol. The Morgan fingerprint density at radius 2 is 1.43 bits per heavy atom. The number of hydrogen-bond acceptors (Lipinski definition) is 3. The molecule has 5 aromatic carbocycles. The average Bonchev–Trinajstić information content (AvgIpc) is 3.22. The van der Waals surface area contributed by atoms with Gasteiger partial charge in [-0.2, -0.15) is 5.26 Å². The van der Waals surface area contributed by atoms with Gasteiger partial charge in [0.25, 0.3) is 0 Å². The lowest BCUT2D eigenvalue weighted by Crippen LogP contribution is -2.20. The summed E-state index contributed by atoms with van der Waals surface area (Å²) in [6, 6.07) is 44.1. The Morgan fingerprint density at radius 3 is 2.09 bits per heavy atom. The molecule has 0 aliphatic heterocycles. The van der Waals surface area contributed by atoms with Gasteiger partial charge in [-0.25, -0.2) is 0 Å². The molecule has 0 aliphatic rings. The van der Waals surface area contributed by atoms with Crippen LogP contribution in [0.1, 0.15) is 48.7 Å². The van der Waals surface area contributed by atoms with E-state index in [1.807, 2.05) is 92.8 Å². The van der Waals surface area contributed by atoms with Crippen LogP contribution in [0.25, 0.3) is 39.1 Å². The first-order valence-electron chi connectivity index (χ1n) is 18.1. The lowest BCUT2D eigenvalue weighted by molar-refractivity contribution is 0.669. The van der Waals surface area contributed by atoms with Crippen molar-refractivity contribution in [3.63, 3.8) is 0 Å². The molecule has 264 valence electrons. The van der Waals surface area contributed by atoms with E-state index in [0.717, 1.165) is 46.2 Å². The van der Waals surface area contributed by atoms with Crippen molar-refractivity contribution in [3.05, 3.63) is 211 Å². The first-order valence-corrected chi connectivity index (χ1v) is 18.1. The van der Waals surface area contributed by atoms with E-state index >= 15 is 0 Å². The molecule has 54 heavy (non-hydrogen) atoms. The van der Waals surface area contributed by atoms with Crippen LogP contribution >= 0.6 is 0 Å². The minimum Gasteiger partial charge on any atom is -0.360 e. The van der Waals surface area contributed by atoms with Crippen LogP contribution in [0.5, 0.6) is 0 Å². The molecule has 0 saturated carbocycles. The zero-order valence-electron chi connectivity index (χ0n) is 31.0. The first-order chi connectivity index (χ1) is 26.4. The Morgan fingerprint density at radius 1 is 0.778 bits per heavy atom. The largest absolute Gasteiger partial charge is 0.360 e. The lowest BCUT2D eigenvalue weighted by Gasteiger charge is -2.21. The second-order valence-electron chi connectivity index (χ2n) is 12.7. The zero-order chi connectivity index (χ0) is 38.1.